The monoisotopic (exact) mass is 324 g/mol. The predicted octanol–water partition coefficient (Wildman–Crippen LogP) is 1.18. The van der Waals surface area contributed by atoms with E-state index in [9.17, 15) is 13.2 Å². The molecule has 1 fully saturated rings. The van der Waals surface area contributed by atoms with E-state index in [4.69, 9.17) is 4.74 Å². The third-order valence-electron chi connectivity index (χ3n) is 4.41. The van der Waals surface area contributed by atoms with Gasteiger partial charge in [0.05, 0.1) is 17.5 Å². The summed E-state index contributed by atoms with van der Waals surface area (Å²) in [4.78, 5) is 13.8. The van der Waals surface area contributed by atoms with Gasteiger partial charge in [0.15, 0.2) is 9.84 Å². The van der Waals surface area contributed by atoms with Crippen molar-refractivity contribution in [2.45, 2.75) is 19.9 Å². The Bertz CT molecular complexity index is 700. The third-order valence-corrected chi connectivity index (χ3v) is 6.02. The summed E-state index contributed by atoms with van der Waals surface area (Å²) in [6, 6.07) is 3.60. The van der Waals surface area contributed by atoms with Gasteiger partial charge in [-0.05, 0) is 25.0 Å². The molecule has 1 aromatic carbocycles. The number of nitrogens with one attached hydrogen (secondary N) is 1. The average molecular weight is 324 g/mol. The zero-order chi connectivity index (χ0) is 15.9. The van der Waals surface area contributed by atoms with Crippen LogP contribution in [0.2, 0.25) is 0 Å². The van der Waals surface area contributed by atoms with Crippen molar-refractivity contribution in [3.63, 3.8) is 0 Å². The summed E-state index contributed by atoms with van der Waals surface area (Å²) in [7, 11) is -2.98. The van der Waals surface area contributed by atoms with Gasteiger partial charge in [0.1, 0.15) is 12.4 Å². The molecule has 0 aromatic heterocycles. The lowest BCUT2D eigenvalue weighted by molar-refractivity contribution is 0.194. The summed E-state index contributed by atoms with van der Waals surface area (Å²) >= 11 is 0. The lowest BCUT2D eigenvalue weighted by Gasteiger charge is -2.28. The molecular formula is C15H20N2O4S. The fourth-order valence-corrected chi connectivity index (χ4v) is 4.01. The molecule has 0 saturated carbocycles. The van der Waals surface area contributed by atoms with E-state index in [0.717, 1.165) is 22.4 Å². The maximum atomic E-state index is 12.3. The summed E-state index contributed by atoms with van der Waals surface area (Å²) < 4.78 is 28.6. The van der Waals surface area contributed by atoms with Crippen molar-refractivity contribution in [3.05, 3.63) is 28.8 Å². The molecule has 0 radical (unpaired) electrons. The van der Waals surface area contributed by atoms with E-state index in [1.807, 2.05) is 26.0 Å². The van der Waals surface area contributed by atoms with Crippen LogP contribution in [0.3, 0.4) is 0 Å². The second-order valence-corrected chi connectivity index (χ2v) is 8.18. The van der Waals surface area contributed by atoms with Crippen molar-refractivity contribution in [2.24, 2.45) is 0 Å². The Balaban J connectivity index is 1.69. The van der Waals surface area contributed by atoms with Crippen molar-refractivity contribution in [3.8, 4) is 5.75 Å². The van der Waals surface area contributed by atoms with Crippen molar-refractivity contribution in [1.82, 2.24) is 10.2 Å². The van der Waals surface area contributed by atoms with Gasteiger partial charge in [-0.2, -0.15) is 0 Å². The minimum Gasteiger partial charge on any atom is -0.490 e. The van der Waals surface area contributed by atoms with Gasteiger partial charge >= 0.3 is 6.03 Å². The number of hydrogen-bond donors (Lipinski definition) is 1. The van der Waals surface area contributed by atoms with E-state index < -0.39 is 9.84 Å². The maximum Gasteiger partial charge on any atom is 0.318 e. The predicted molar refractivity (Wildman–Crippen MR) is 82.9 cm³/mol. The highest BCUT2D eigenvalue weighted by Gasteiger charge is 2.31. The molecule has 1 unspecified atom stereocenters. The number of sulfone groups is 1. The van der Waals surface area contributed by atoms with Gasteiger partial charge in [0.2, 0.25) is 0 Å². The minimum atomic E-state index is -2.98. The molecular weight excluding hydrogens is 304 g/mol. The number of urea groups is 1. The third kappa shape index (κ3) is 2.77. The van der Waals surface area contributed by atoms with Crippen LogP contribution in [0.1, 0.15) is 22.7 Å². The molecule has 0 aliphatic carbocycles. The molecule has 120 valence electrons. The normalized spacial score (nSPS) is 22.8. The molecule has 1 saturated heterocycles. The molecule has 6 nitrogen and oxygen atoms in total. The number of amides is 2. The summed E-state index contributed by atoms with van der Waals surface area (Å²) in [5.74, 6) is 0.930. The van der Waals surface area contributed by atoms with Crippen LogP contribution in [-0.2, 0) is 9.84 Å². The van der Waals surface area contributed by atoms with Gasteiger partial charge in [-0.1, -0.05) is 12.1 Å². The molecule has 2 aliphatic heterocycles. The van der Waals surface area contributed by atoms with Crippen molar-refractivity contribution in [2.75, 3.05) is 31.2 Å². The number of fused-ring (bicyclic) bond motifs is 1. The van der Waals surface area contributed by atoms with Crippen LogP contribution in [0.5, 0.6) is 5.75 Å². The number of ether oxygens (including phenoxy) is 1. The van der Waals surface area contributed by atoms with Crippen LogP contribution in [0.25, 0.3) is 0 Å². The van der Waals surface area contributed by atoms with Gasteiger partial charge < -0.3 is 15.0 Å². The summed E-state index contributed by atoms with van der Waals surface area (Å²) in [6.45, 7) is 4.95. The lowest BCUT2D eigenvalue weighted by atomic mass is 10.0. The van der Waals surface area contributed by atoms with E-state index in [-0.39, 0.29) is 36.7 Å². The molecule has 0 bridgehead atoms. The first-order chi connectivity index (χ1) is 10.4. The van der Waals surface area contributed by atoms with Crippen LogP contribution in [0.4, 0.5) is 4.79 Å². The fourth-order valence-electron chi connectivity index (χ4n) is 2.81. The largest absolute Gasteiger partial charge is 0.490 e. The van der Waals surface area contributed by atoms with Crippen LogP contribution in [-0.4, -0.2) is 50.6 Å². The lowest BCUT2D eigenvalue weighted by Crippen LogP contribution is -2.49. The Hall–Kier alpha value is -1.76. The number of benzene rings is 1. The number of aryl methyl sites for hydroxylation is 1. The van der Waals surface area contributed by atoms with E-state index in [2.05, 4.69) is 5.32 Å². The Labute approximate surface area is 130 Å². The minimum absolute atomic E-state index is 0.0382. The van der Waals surface area contributed by atoms with Crippen LogP contribution in [0.15, 0.2) is 12.1 Å². The number of carbonyl (C=O) groups excluding carboxylic acids is 1. The van der Waals surface area contributed by atoms with E-state index >= 15 is 0 Å². The second-order valence-electron chi connectivity index (χ2n) is 5.88. The number of nitrogens with zero attached hydrogens (tertiary/aromatic N) is 1. The highest BCUT2D eigenvalue weighted by Crippen LogP contribution is 2.36. The number of rotatable bonds is 1. The first kappa shape index (κ1) is 15.1. The summed E-state index contributed by atoms with van der Waals surface area (Å²) in [5, 5.41) is 2.95. The van der Waals surface area contributed by atoms with Gasteiger partial charge in [0, 0.05) is 18.7 Å². The number of carbonyl (C=O) groups is 1. The van der Waals surface area contributed by atoms with Crippen LogP contribution < -0.4 is 10.1 Å². The van der Waals surface area contributed by atoms with Gasteiger partial charge in [-0.25, -0.2) is 13.2 Å². The molecule has 1 N–H and O–H groups in total. The zero-order valence-electron chi connectivity index (χ0n) is 12.8. The SMILES string of the molecule is Cc1ccc2c(c1C)OCC2NC(=O)N1CCS(=O)(=O)CC1. The molecule has 2 heterocycles. The molecule has 2 amide bonds. The molecule has 3 rings (SSSR count). The highest BCUT2D eigenvalue weighted by atomic mass is 32.2. The first-order valence-electron chi connectivity index (χ1n) is 7.36. The van der Waals surface area contributed by atoms with Crippen molar-refractivity contribution < 1.29 is 17.9 Å². The van der Waals surface area contributed by atoms with Gasteiger partial charge in [-0.15, -0.1) is 0 Å². The Morgan fingerprint density at radius 3 is 2.64 bits per heavy atom. The van der Waals surface area contributed by atoms with Crippen LogP contribution in [0, 0.1) is 13.8 Å². The Kier molecular flexibility index (Phi) is 3.76. The first-order valence-corrected chi connectivity index (χ1v) is 9.18. The highest BCUT2D eigenvalue weighted by molar-refractivity contribution is 7.91. The molecule has 1 aromatic rings. The topological polar surface area (TPSA) is 75.7 Å². The van der Waals surface area contributed by atoms with E-state index in [1.54, 1.807) is 4.90 Å². The number of hydrogen-bond acceptors (Lipinski definition) is 4. The summed E-state index contributed by atoms with van der Waals surface area (Å²) in [6.07, 6.45) is 0. The molecule has 2 aliphatic rings. The van der Waals surface area contributed by atoms with Crippen molar-refractivity contribution in [1.29, 1.82) is 0 Å². The van der Waals surface area contributed by atoms with Gasteiger partial charge in [0.25, 0.3) is 0 Å². The average Bonchev–Trinajstić information content (AvgIpc) is 2.86. The van der Waals surface area contributed by atoms with Crippen molar-refractivity contribution >= 4 is 15.9 Å². The molecule has 7 heteroatoms. The van der Waals surface area contributed by atoms with Gasteiger partial charge in [-0.3, -0.25) is 0 Å². The molecule has 1 atom stereocenters. The standard InChI is InChI=1S/C15H20N2O4S/c1-10-3-4-12-13(9-21-14(12)11(10)2)16-15(18)17-5-7-22(19,20)8-6-17/h3-4,13H,5-9H2,1-2H3,(H,16,18). The zero-order valence-corrected chi connectivity index (χ0v) is 13.6. The van der Waals surface area contributed by atoms with E-state index in [0.29, 0.717) is 6.61 Å². The summed E-state index contributed by atoms with van der Waals surface area (Å²) in [5.41, 5.74) is 3.24. The Morgan fingerprint density at radius 1 is 1.27 bits per heavy atom. The van der Waals surface area contributed by atoms with E-state index in [1.165, 1.54) is 0 Å². The smallest absolute Gasteiger partial charge is 0.318 e. The second kappa shape index (κ2) is 5.46. The molecule has 22 heavy (non-hydrogen) atoms. The quantitative estimate of drug-likeness (QED) is 0.841. The molecule has 0 spiro atoms. The fraction of sp³-hybridized carbons (Fsp3) is 0.533. The Morgan fingerprint density at radius 2 is 1.95 bits per heavy atom. The maximum absolute atomic E-state index is 12.3. The van der Waals surface area contributed by atoms with Crippen LogP contribution >= 0.6 is 0 Å².